The van der Waals surface area contributed by atoms with Crippen LogP contribution in [0, 0.1) is 58.6 Å². The number of amides is 4. The van der Waals surface area contributed by atoms with Crippen molar-refractivity contribution in [3.05, 3.63) is 247 Å². The van der Waals surface area contributed by atoms with Crippen LogP contribution in [-0.4, -0.2) is 217 Å². The Kier molecular flexibility index (Phi) is 23.6. The number of rotatable bonds is 22. The highest BCUT2D eigenvalue weighted by atomic mass is 19.1. The van der Waals surface area contributed by atoms with Crippen molar-refractivity contribution in [2.75, 3.05) is 40.6 Å². The van der Waals surface area contributed by atoms with Crippen LogP contribution in [0.2, 0.25) is 0 Å². The highest BCUT2D eigenvalue weighted by Crippen LogP contribution is 2.48. The van der Waals surface area contributed by atoms with E-state index in [1.165, 1.54) is 129 Å². The molecule has 0 spiro atoms. The first-order chi connectivity index (χ1) is 59.5. The van der Waals surface area contributed by atoms with Crippen LogP contribution in [0.25, 0.3) is 22.7 Å². The standard InChI is InChI=1S/C22H22FN5O3.2C21H19F2N5O2.C21H21FN6O3/c1-30-17-4-6-20(28-25-8-9-26-28)18(11-17)22(29)27-16-3-5-19(27)14(10-16)13-31-21-7-2-15(23)12-24-21;22-14-1-4-17(19(10-14)28-25-7-8-26-28)21(29)27-16-3-5-18(27)13(9-16)12-30-20-6-2-15(23)11-24-20;22-14-4-7-19(24-11-14)30-12-13-10-15-5-6-17(13)27(15)21(29)20-16(23)2-1-3-18(20)28-25-8-9-26-28;1-30-16-9-18(28-25-6-7-26-28)20(24-11-16)21(29)27-15-3-4-17(27)13(8-15)12-31-19-5-2-14(22)10-23-19/h2,4,6-9,11-12,14,16,19H,3,5,10,13H2,1H3;1-2,4,6-8,10-11,13,16,18H,3,5,9,12H2;1-4,7-9,11,13,15,17H,5-6,10,12H2;2,5-7,9-11,13,15,17H,3-4,8,12H2,1H3. The molecule has 0 N–H and O–H groups in total. The predicted molar refractivity (Wildman–Crippen MR) is 419 cm³/mol. The lowest BCUT2D eigenvalue weighted by molar-refractivity contribution is 0.0695. The maximum Gasteiger partial charge on any atom is 0.275 e. The van der Waals surface area contributed by atoms with Gasteiger partial charge in [0.25, 0.3) is 23.6 Å². The first-order valence-electron chi connectivity index (χ1n) is 40.0. The number of methoxy groups -OCH3 is 2. The Morgan fingerprint density at radius 3 is 1.11 bits per heavy atom. The van der Waals surface area contributed by atoms with Gasteiger partial charge in [-0.05, 0) is 144 Å². The molecule has 20 rings (SSSR count). The van der Waals surface area contributed by atoms with Crippen LogP contribution in [0.15, 0.2) is 190 Å². The van der Waals surface area contributed by atoms with E-state index in [9.17, 15) is 45.5 Å². The Balaban J connectivity index is 0.000000116. The highest BCUT2D eigenvalue weighted by Gasteiger charge is 2.54. The van der Waals surface area contributed by atoms with Crippen LogP contribution < -0.4 is 28.4 Å². The van der Waals surface area contributed by atoms with Crippen LogP contribution >= 0.6 is 0 Å². The third-order valence-corrected chi connectivity index (χ3v) is 23.8. The quantitative estimate of drug-likeness (QED) is 0.0569. The summed E-state index contributed by atoms with van der Waals surface area (Å²) in [5, 5.41) is 32.9. The molecule has 8 fully saturated rings. The minimum atomic E-state index is -0.593. The van der Waals surface area contributed by atoms with E-state index >= 15 is 0 Å². The summed E-state index contributed by atoms with van der Waals surface area (Å²) in [5.41, 5.74) is 2.87. The number of pyridine rings is 5. The second-order valence-electron chi connectivity index (χ2n) is 30.7. The zero-order valence-corrected chi connectivity index (χ0v) is 65.9. The molecule has 3 aromatic carbocycles. The van der Waals surface area contributed by atoms with Gasteiger partial charge in [-0.2, -0.15) is 55.2 Å². The number of carbonyl (C=O) groups excluding carboxylic acids is 4. The van der Waals surface area contributed by atoms with Crippen molar-refractivity contribution in [2.24, 2.45) is 23.7 Å². The van der Waals surface area contributed by atoms with Gasteiger partial charge in [0.05, 0.1) is 138 Å². The molecule has 8 bridgehead atoms. The molecule has 122 heavy (non-hydrogen) atoms. The fourth-order valence-electron chi connectivity index (χ4n) is 18.5. The van der Waals surface area contributed by atoms with Gasteiger partial charge in [-0.1, -0.05) is 6.07 Å². The van der Waals surface area contributed by atoms with Crippen LogP contribution in [0.4, 0.5) is 26.3 Å². The molecule has 0 aliphatic carbocycles. The van der Waals surface area contributed by atoms with E-state index in [0.717, 1.165) is 102 Å². The first-order valence-corrected chi connectivity index (χ1v) is 40.0. The molecular formula is C85H81F6N21O10. The summed E-state index contributed by atoms with van der Waals surface area (Å²) in [4.78, 5) is 87.1. The van der Waals surface area contributed by atoms with E-state index < -0.39 is 34.9 Å². The fourth-order valence-corrected chi connectivity index (χ4v) is 18.5. The monoisotopic (exact) mass is 1670 g/mol. The van der Waals surface area contributed by atoms with Crippen LogP contribution in [-0.2, 0) is 0 Å². The molecule has 17 heterocycles. The number of hydrogen-bond acceptors (Lipinski definition) is 23. The predicted octanol–water partition coefficient (Wildman–Crippen LogP) is 11.2. The number of nitrogens with zero attached hydrogens (tertiary/aromatic N) is 21. The summed E-state index contributed by atoms with van der Waals surface area (Å²) in [6, 6.07) is 27.3. The van der Waals surface area contributed by atoms with Gasteiger partial charge in [0.1, 0.15) is 69.0 Å². The Morgan fingerprint density at radius 2 is 0.705 bits per heavy atom. The van der Waals surface area contributed by atoms with Crippen LogP contribution in [0.1, 0.15) is 119 Å². The average Bonchev–Trinajstić information content (AvgIpc) is 1.63. The molecule has 12 aromatic rings. The van der Waals surface area contributed by atoms with E-state index in [-0.39, 0.29) is 107 Å². The van der Waals surface area contributed by atoms with Crippen molar-refractivity contribution in [3.8, 4) is 57.8 Å². The van der Waals surface area contributed by atoms with Crippen LogP contribution in [0.5, 0.6) is 35.0 Å². The van der Waals surface area contributed by atoms with Gasteiger partial charge in [-0.3, -0.25) is 19.2 Å². The minimum Gasteiger partial charge on any atom is -0.497 e. The molecule has 628 valence electrons. The lowest BCUT2D eigenvalue weighted by Gasteiger charge is -2.25. The second-order valence-corrected chi connectivity index (χ2v) is 30.7. The first kappa shape index (κ1) is 80.6. The van der Waals surface area contributed by atoms with Crippen molar-refractivity contribution in [2.45, 2.75) is 125 Å². The van der Waals surface area contributed by atoms with Gasteiger partial charge in [-0.15, -0.1) is 4.80 Å². The second kappa shape index (κ2) is 35.7. The largest absolute Gasteiger partial charge is 0.497 e. The summed E-state index contributed by atoms with van der Waals surface area (Å²) in [7, 11) is 3.12. The summed E-state index contributed by atoms with van der Waals surface area (Å²) < 4.78 is 114. The lowest BCUT2D eigenvalue weighted by atomic mass is 9.90. The van der Waals surface area contributed by atoms with Crippen molar-refractivity contribution in [3.63, 3.8) is 0 Å². The Morgan fingerprint density at radius 1 is 0.336 bits per heavy atom. The third kappa shape index (κ3) is 17.0. The fraction of sp³-hybridized carbons (Fsp3) is 0.353. The molecule has 37 heteroatoms. The third-order valence-electron chi connectivity index (χ3n) is 23.8. The van der Waals surface area contributed by atoms with Crippen molar-refractivity contribution < 1.29 is 73.9 Å². The zero-order valence-electron chi connectivity index (χ0n) is 65.9. The van der Waals surface area contributed by atoms with E-state index in [1.54, 1.807) is 74.2 Å². The molecule has 8 aliphatic rings. The number of aromatic nitrogens is 17. The SMILES string of the molecule is COc1ccc(-n2nccn2)c(C(=O)N2C3CCC2C(COc2ccc(F)cn2)C3)c1.COc1cnc(C(=O)N2C3CCC2C(COc2ccc(F)cn2)C3)c(-n2nccn2)c1.O=C(c1c(F)cccc1-n1nccn1)N1C2CCC1C(COc1ccc(F)cn1)C2.O=C(c1ccc(F)cc1-n1nccn1)N1C2CCC1C(COc1ccc(F)cn1)C2. The van der Waals surface area contributed by atoms with Crippen molar-refractivity contribution in [1.82, 2.24) is 104 Å². The van der Waals surface area contributed by atoms with E-state index in [4.69, 9.17) is 28.4 Å². The van der Waals surface area contributed by atoms with Crippen molar-refractivity contribution in [1.29, 1.82) is 0 Å². The van der Waals surface area contributed by atoms with E-state index in [1.807, 2.05) is 14.7 Å². The van der Waals surface area contributed by atoms with Gasteiger partial charge in [0.15, 0.2) is 5.69 Å². The summed E-state index contributed by atoms with van der Waals surface area (Å²) in [5.74, 6) is -0.151. The summed E-state index contributed by atoms with van der Waals surface area (Å²) >= 11 is 0. The molecule has 9 aromatic heterocycles. The van der Waals surface area contributed by atoms with Crippen LogP contribution in [0.3, 0.4) is 0 Å². The van der Waals surface area contributed by atoms with E-state index in [2.05, 4.69) is 65.7 Å². The molecule has 4 amide bonds. The number of benzene rings is 3. The molecular weight excluding hydrogens is 1590 g/mol. The maximum atomic E-state index is 14.7. The van der Waals surface area contributed by atoms with Gasteiger partial charge in [0, 0.05) is 108 Å². The summed E-state index contributed by atoms with van der Waals surface area (Å²) in [6.07, 6.45) is 28.8. The maximum absolute atomic E-state index is 14.7. The summed E-state index contributed by atoms with van der Waals surface area (Å²) in [6.45, 7) is 1.64. The zero-order chi connectivity index (χ0) is 84.1. The van der Waals surface area contributed by atoms with Gasteiger partial charge < -0.3 is 48.0 Å². The number of hydrogen-bond donors (Lipinski definition) is 0. The normalized spacial score (nSPS) is 22.2. The van der Waals surface area contributed by atoms with Gasteiger partial charge in [-0.25, -0.2) is 51.3 Å². The average molecular weight is 1670 g/mol. The number of halogens is 6. The Labute approximate surface area is 693 Å². The minimum absolute atomic E-state index is 0.0210. The number of carbonyl (C=O) groups is 4. The molecule has 12 atom stereocenters. The van der Waals surface area contributed by atoms with Gasteiger partial charge >= 0.3 is 0 Å². The molecule has 12 unspecified atom stereocenters. The van der Waals surface area contributed by atoms with Gasteiger partial charge in [0.2, 0.25) is 23.5 Å². The Bertz CT molecular complexity index is 5610. The van der Waals surface area contributed by atoms with E-state index in [0.29, 0.717) is 95.3 Å². The molecule has 0 saturated carbocycles. The highest BCUT2D eigenvalue weighted by molar-refractivity contribution is 6.00. The molecule has 0 radical (unpaired) electrons. The molecule has 31 nitrogen and oxygen atoms in total. The molecule has 8 saturated heterocycles. The van der Waals surface area contributed by atoms with Crippen molar-refractivity contribution >= 4 is 23.6 Å². The lowest BCUT2D eigenvalue weighted by Crippen LogP contribution is -2.38. The molecule has 8 aliphatic heterocycles. The smallest absolute Gasteiger partial charge is 0.275 e. The Hall–Kier alpha value is -13.8. The topological polar surface area (TPSA) is 324 Å². The number of ether oxygens (including phenoxy) is 6. The number of fused-ring (bicyclic) bond motifs is 8.